The smallest absolute Gasteiger partial charge is 0.131 e. The van der Waals surface area contributed by atoms with Crippen LogP contribution in [0.4, 0.5) is 5.82 Å². The maximum Gasteiger partial charge on any atom is 0.131 e. The maximum absolute atomic E-state index is 6.04. The van der Waals surface area contributed by atoms with E-state index in [-0.39, 0.29) is 6.04 Å². The first-order valence-electron chi connectivity index (χ1n) is 8.60. The second-order valence-electron chi connectivity index (χ2n) is 6.58. The molecule has 0 radical (unpaired) electrons. The van der Waals surface area contributed by atoms with Gasteiger partial charge in [0.1, 0.15) is 5.82 Å². The molecule has 1 fully saturated rings. The van der Waals surface area contributed by atoms with E-state index in [1.54, 1.807) is 0 Å². The largest absolute Gasteiger partial charge is 0.356 e. The topological polar surface area (TPSA) is 42.2 Å². The number of rotatable bonds is 6. The summed E-state index contributed by atoms with van der Waals surface area (Å²) in [5, 5.41) is 0. The predicted octanol–water partition coefficient (Wildman–Crippen LogP) is 3.69. The van der Waals surface area contributed by atoms with Crippen LogP contribution < -0.4 is 10.6 Å². The van der Waals surface area contributed by atoms with Crippen molar-refractivity contribution >= 4 is 5.82 Å². The van der Waals surface area contributed by atoms with Crippen molar-refractivity contribution in [3.05, 3.63) is 23.4 Å². The predicted molar refractivity (Wildman–Crippen MR) is 90.8 cm³/mol. The number of anilines is 1. The van der Waals surface area contributed by atoms with Crippen LogP contribution in [0.25, 0.3) is 0 Å². The minimum Gasteiger partial charge on any atom is -0.356 e. The highest BCUT2D eigenvalue weighted by Gasteiger charge is 2.20. The highest BCUT2D eigenvalue weighted by atomic mass is 15.2. The second-order valence-corrected chi connectivity index (χ2v) is 6.58. The first-order valence-corrected chi connectivity index (χ1v) is 8.60. The van der Waals surface area contributed by atoms with E-state index in [1.807, 2.05) is 6.20 Å². The number of hydrogen-bond acceptors (Lipinski definition) is 3. The molecule has 1 aromatic heterocycles. The molecule has 1 unspecified atom stereocenters. The highest BCUT2D eigenvalue weighted by Crippen LogP contribution is 2.27. The van der Waals surface area contributed by atoms with Gasteiger partial charge in [-0.15, -0.1) is 0 Å². The van der Waals surface area contributed by atoms with Gasteiger partial charge in [0.25, 0.3) is 0 Å². The zero-order valence-electron chi connectivity index (χ0n) is 13.9. The lowest BCUT2D eigenvalue weighted by atomic mass is 9.92. The van der Waals surface area contributed by atoms with E-state index in [0.29, 0.717) is 0 Å². The number of hydrogen-bond donors (Lipinski definition) is 1. The Bertz CT molecular complexity index is 436. The minimum absolute atomic E-state index is 0.252. The van der Waals surface area contributed by atoms with Gasteiger partial charge in [-0.1, -0.05) is 32.8 Å². The molecule has 2 heterocycles. The van der Waals surface area contributed by atoms with E-state index >= 15 is 0 Å². The Hall–Kier alpha value is -1.09. The summed E-state index contributed by atoms with van der Waals surface area (Å²) in [6.45, 7) is 8.93. The number of nitrogens with two attached hydrogens (primary N) is 1. The molecule has 1 aliphatic rings. The second kappa shape index (κ2) is 7.79. The van der Waals surface area contributed by atoms with Gasteiger partial charge >= 0.3 is 0 Å². The molecular weight excluding hydrogens is 258 g/mol. The number of aryl methyl sites for hydroxylation is 1. The third kappa shape index (κ3) is 4.44. The summed E-state index contributed by atoms with van der Waals surface area (Å²) in [5.41, 5.74) is 8.61. The first kappa shape index (κ1) is 16.3. The Kier molecular flexibility index (Phi) is 6.04. The van der Waals surface area contributed by atoms with Gasteiger partial charge in [0.05, 0.1) is 0 Å². The van der Waals surface area contributed by atoms with Crippen LogP contribution in [0.2, 0.25) is 0 Å². The van der Waals surface area contributed by atoms with Crippen molar-refractivity contribution in [1.29, 1.82) is 0 Å². The van der Waals surface area contributed by atoms with Crippen LogP contribution in [0.15, 0.2) is 12.3 Å². The molecule has 0 bridgehead atoms. The average molecular weight is 289 g/mol. The van der Waals surface area contributed by atoms with Gasteiger partial charge in [0, 0.05) is 25.3 Å². The third-order valence-corrected chi connectivity index (χ3v) is 4.74. The number of aromatic nitrogens is 1. The SMILES string of the molecule is CCCC1CCN(c2ncc(CC(N)CC)cc2C)CC1. The van der Waals surface area contributed by atoms with E-state index in [1.165, 1.54) is 42.6 Å². The van der Waals surface area contributed by atoms with Crippen LogP contribution in [0.1, 0.15) is 57.1 Å². The summed E-state index contributed by atoms with van der Waals surface area (Å²) in [4.78, 5) is 7.19. The first-order chi connectivity index (χ1) is 10.1. The van der Waals surface area contributed by atoms with Gasteiger partial charge in [-0.05, 0) is 49.7 Å². The molecule has 0 spiro atoms. The summed E-state index contributed by atoms with van der Waals surface area (Å²) in [5.74, 6) is 2.10. The average Bonchev–Trinajstić information content (AvgIpc) is 2.49. The molecule has 2 rings (SSSR count). The van der Waals surface area contributed by atoms with E-state index in [0.717, 1.165) is 31.8 Å². The highest BCUT2D eigenvalue weighted by molar-refractivity contribution is 5.47. The summed E-state index contributed by atoms with van der Waals surface area (Å²) < 4.78 is 0. The summed E-state index contributed by atoms with van der Waals surface area (Å²) in [6.07, 6.45) is 9.31. The third-order valence-electron chi connectivity index (χ3n) is 4.74. The van der Waals surface area contributed by atoms with Crippen molar-refractivity contribution < 1.29 is 0 Å². The van der Waals surface area contributed by atoms with Crippen LogP contribution >= 0.6 is 0 Å². The number of nitrogens with zero attached hydrogens (tertiary/aromatic N) is 2. The van der Waals surface area contributed by atoms with Crippen molar-refractivity contribution in [2.45, 2.75) is 65.3 Å². The number of piperidine rings is 1. The molecule has 3 heteroatoms. The Balaban J connectivity index is 1.98. The van der Waals surface area contributed by atoms with Crippen LogP contribution in [-0.2, 0) is 6.42 Å². The van der Waals surface area contributed by atoms with E-state index < -0.39 is 0 Å². The van der Waals surface area contributed by atoms with Crippen molar-refractivity contribution in [3.63, 3.8) is 0 Å². The van der Waals surface area contributed by atoms with Crippen LogP contribution in [0.5, 0.6) is 0 Å². The Morgan fingerprint density at radius 3 is 2.62 bits per heavy atom. The zero-order chi connectivity index (χ0) is 15.2. The molecule has 0 saturated carbocycles. The number of pyridine rings is 1. The van der Waals surface area contributed by atoms with Gasteiger partial charge < -0.3 is 10.6 Å². The van der Waals surface area contributed by atoms with Crippen molar-refractivity contribution in [2.75, 3.05) is 18.0 Å². The minimum atomic E-state index is 0.252. The molecule has 1 aliphatic heterocycles. The van der Waals surface area contributed by atoms with Gasteiger partial charge in [-0.25, -0.2) is 4.98 Å². The molecular formula is C18H31N3. The van der Waals surface area contributed by atoms with E-state index in [4.69, 9.17) is 10.7 Å². The molecule has 1 aromatic rings. The molecule has 2 N–H and O–H groups in total. The van der Waals surface area contributed by atoms with Crippen molar-refractivity contribution in [3.8, 4) is 0 Å². The van der Waals surface area contributed by atoms with Crippen molar-refractivity contribution in [2.24, 2.45) is 11.7 Å². The van der Waals surface area contributed by atoms with E-state index in [2.05, 4.69) is 31.7 Å². The molecule has 118 valence electrons. The molecule has 0 amide bonds. The van der Waals surface area contributed by atoms with E-state index in [9.17, 15) is 0 Å². The van der Waals surface area contributed by atoms with Crippen LogP contribution in [0, 0.1) is 12.8 Å². The lowest BCUT2D eigenvalue weighted by Gasteiger charge is -2.33. The zero-order valence-corrected chi connectivity index (χ0v) is 13.9. The van der Waals surface area contributed by atoms with Gasteiger partial charge in [0.15, 0.2) is 0 Å². The monoisotopic (exact) mass is 289 g/mol. The fourth-order valence-corrected chi connectivity index (χ4v) is 3.36. The lowest BCUT2D eigenvalue weighted by molar-refractivity contribution is 0.377. The van der Waals surface area contributed by atoms with Gasteiger partial charge in [-0.2, -0.15) is 0 Å². The standard InChI is InChI=1S/C18H31N3/c1-4-6-15-7-9-21(10-8-15)18-14(3)11-16(13-20-18)12-17(19)5-2/h11,13,15,17H,4-10,12,19H2,1-3H3. The molecule has 0 aliphatic carbocycles. The summed E-state index contributed by atoms with van der Waals surface area (Å²) >= 11 is 0. The fraction of sp³-hybridized carbons (Fsp3) is 0.722. The van der Waals surface area contributed by atoms with Crippen LogP contribution in [-0.4, -0.2) is 24.1 Å². The molecule has 1 atom stereocenters. The fourth-order valence-electron chi connectivity index (χ4n) is 3.36. The molecule has 3 nitrogen and oxygen atoms in total. The Morgan fingerprint density at radius 1 is 1.33 bits per heavy atom. The normalized spacial score (nSPS) is 18.0. The Labute approximate surface area is 129 Å². The quantitative estimate of drug-likeness (QED) is 0.868. The van der Waals surface area contributed by atoms with Crippen LogP contribution in [0.3, 0.4) is 0 Å². The lowest BCUT2D eigenvalue weighted by Crippen LogP contribution is -2.34. The van der Waals surface area contributed by atoms with Gasteiger partial charge in [-0.3, -0.25) is 0 Å². The maximum atomic E-state index is 6.04. The van der Waals surface area contributed by atoms with Gasteiger partial charge in [0.2, 0.25) is 0 Å². The molecule has 0 aromatic carbocycles. The van der Waals surface area contributed by atoms with Crippen molar-refractivity contribution in [1.82, 2.24) is 4.98 Å². The molecule has 1 saturated heterocycles. The summed E-state index contributed by atoms with van der Waals surface area (Å²) in [7, 11) is 0. The summed E-state index contributed by atoms with van der Waals surface area (Å²) in [6, 6.07) is 2.53. The Morgan fingerprint density at radius 2 is 2.05 bits per heavy atom. The molecule has 21 heavy (non-hydrogen) atoms.